The van der Waals surface area contributed by atoms with Gasteiger partial charge in [0.2, 0.25) is 5.91 Å². The number of rotatable bonds is 2. The molecule has 1 amide bonds. The number of amides is 1. The first-order chi connectivity index (χ1) is 9.63. The molecule has 1 heterocycles. The van der Waals surface area contributed by atoms with Crippen LogP contribution < -0.4 is 5.32 Å². The zero-order chi connectivity index (χ0) is 13.7. The SMILES string of the molecule is Cc1ccc(NC(=O)C23CC4CC(CC(C4)C2)C3)cn1. The van der Waals surface area contributed by atoms with Crippen molar-refractivity contribution >= 4 is 11.6 Å². The van der Waals surface area contributed by atoms with E-state index in [0.717, 1.165) is 48.4 Å². The topological polar surface area (TPSA) is 42.0 Å². The van der Waals surface area contributed by atoms with Crippen LogP contribution in [0, 0.1) is 30.1 Å². The lowest BCUT2D eigenvalue weighted by Gasteiger charge is -2.55. The van der Waals surface area contributed by atoms with Gasteiger partial charge in [0, 0.05) is 5.69 Å². The first-order valence-electron chi connectivity index (χ1n) is 7.87. The number of carbonyl (C=O) groups is 1. The van der Waals surface area contributed by atoms with Crippen LogP contribution in [0.1, 0.15) is 44.2 Å². The Morgan fingerprint density at radius 2 is 1.75 bits per heavy atom. The average Bonchev–Trinajstić information content (AvgIpc) is 2.40. The molecule has 4 aliphatic rings. The number of hydrogen-bond donors (Lipinski definition) is 1. The molecule has 1 aromatic heterocycles. The third kappa shape index (κ3) is 1.95. The summed E-state index contributed by atoms with van der Waals surface area (Å²) in [5.74, 6) is 2.68. The summed E-state index contributed by atoms with van der Waals surface area (Å²) in [6.45, 7) is 1.96. The summed E-state index contributed by atoms with van der Waals surface area (Å²) in [6.07, 6.45) is 9.24. The fraction of sp³-hybridized carbons (Fsp3) is 0.647. The van der Waals surface area contributed by atoms with Crippen LogP contribution in [0.5, 0.6) is 0 Å². The van der Waals surface area contributed by atoms with Gasteiger partial charge in [-0.05, 0) is 75.3 Å². The van der Waals surface area contributed by atoms with E-state index < -0.39 is 0 Å². The van der Waals surface area contributed by atoms with E-state index in [1.807, 2.05) is 19.1 Å². The van der Waals surface area contributed by atoms with Crippen molar-refractivity contribution in [2.24, 2.45) is 23.2 Å². The summed E-state index contributed by atoms with van der Waals surface area (Å²) in [4.78, 5) is 17.1. The highest BCUT2D eigenvalue weighted by atomic mass is 16.2. The molecule has 0 spiro atoms. The van der Waals surface area contributed by atoms with Gasteiger partial charge in [0.25, 0.3) is 0 Å². The van der Waals surface area contributed by atoms with Crippen LogP contribution in [0.25, 0.3) is 0 Å². The molecule has 4 saturated carbocycles. The largest absolute Gasteiger partial charge is 0.324 e. The summed E-state index contributed by atoms with van der Waals surface area (Å²) in [5, 5.41) is 3.12. The molecule has 4 aliphatic carbocycles. The molecule has 0 atom stereocenters. The van der Waals surface area contributed by atoms with Gasteiger partial charge >= 0.3 is 0 Å². The lowest BCUT2D eigenvalue weighted by atomic mass is 9.49. The van der Waals surface area contributed by atoms with Crippen molar-refractivity contribution in [2.45, 2.75) is 45.4 Å². The fourth-order valence-electron chi connectivity index (χ4n) is 5.19. The standard InChI is InChI=1S/C17H22N2O/c1-11-2-3-15(10-18-11)19-16(20)17-7-12-4-13(8-17)6-14(5-12)9-17/h2-3,10,12-14H,4-9H2,1H3,(H,19,20). The van der Waals surface area contributed by atoms with Crippen molar-refractivity contribution in [2.75, 3.05) is 5.32 Å². The zero-order valence-electron chi connectivity index (χ0n) is 12.1. The van der Waals surface area contributed by atoms with Crippen LogP contribution >= 0.6 is 0 Å². The van der Waals surface area contributed by atoms with E-state index in [4.69, 9.17) is 0 Å². The fourth-order valence-corrected chi connectivity index (χ4v) is 5.19. The third-order valence-electron chi connectivity index (χ3n) is 5.69. The molecule has 4 fully saturated rings. The Labute approximate surface area is 120 Å². The van der Waals surface area contributed by atoms with Gasteiger partial charge in [-0.25, -0.2) is 0 Å². The Morgan fingerprint density at radius 3 is 2.25 bits per heavy atom. The molecule has 0 aromatic carbocycles. The first-order valence-corrected chi connectivity index (χ1v) is 7.87. The van der Waals surface area contributed by atoms with Crippen LogP contribution in [0.4, 0.5) is 5.69 Å². The number of aryl methyl sites for hydroxylation is 1. The van der Waals surface area contributed by atoms with Crippen molar-refractivity contribution in [3.05, 3.63) is 24.0 Å². The van der Waals surface area contributed by atoms with Gasteiger partial charge in [-0.2, -0.15) is 0 Å². The molecule has 0 saturated heterocycles. The van der Waals surface area contributed by atoms with Crippen molar-refractivity contribution in [3.63, 3.8) is 0 Å². The highest BCUT2D eigenvalue weighted by molar-refractivity contribution is 5.95. The van der Waals surface area contributed by atoms with Gasteiger partial charge in [0.1, 0.15) is 0 Å². The molecule has 4 bridgehead atoms. The molecular weight excluding hydrogens is 248 g/mol. The van der Waals surface area contributed by atoms with E-state index >= 15 is 0 Å². The third-order valence-corrected chi connectivity index (χ3v) is 5.69. The van der Waals surface area contributed by atoms with E-state index in [2.05, 4.69) is 10.3 Å². The maximum atomic E-state index is 12.8. The van der Waals surface area contributed by atoms with Gasteiger partial charge in [0.05, 0.1) is 17.3 Å². The predicted molar refractivity (Wildman–Crippen MR) is 78.2 cm³/mol. The van der Waals surface area contributed by atoms with Gasteiger partial charge in [-0.1, -0.05) is 0 Å². The minimum Gasteiger partial charge on any atom is -0.324 e. The molecule has 20 heavy (non-hydrogen) atoms. The van der Waals surface area contributed by atoms with Crippen molar-refractivity contribution in [1.82, 2.24) is 4.98 Å². The lowest BCUT2D eigenvalue weighted by molar-refractivity contribution is -0.140. The van der Waals surface area contributed by atoms with Gasteiger partial charge < -0.3 is 5.32 Å². The van der Waals surface area contributed by atoms with Gasteiger partial charge in [-0.15, -0.1) is 0 Å². The van der Waals surface area contributed by atoms with Crippen molar-refractivity contribution in [3.8, 4) is 0 Å². The summed E-state index contributed by atoms with van der Waals surface area (Å²) in [7, 11) is 0. The number of hydrogen-bond acceptors (Lipinski definition) is 2. The summed E-state index contributed by atoms with van der Waals surface area (Å²) in [6, 6.07) is 3.91. The second-order valence-corrected chi connectivity index (χ2v) is 7.34. The normalized spacial score (nSPS) is 38.0. The number of anilines is 1. The Bertz CT molecular complexity index is 499. The molecule has 0 unspecified atom stereocenters. The summed E-state index contributed by atoms with van der Waals surface area (Å²) < 4.78 is 0. The van der Waals surface area contributed by atoms with Gasteiger partial charge in [0.15, 0.2) is 0 Å². The van der Waals surface area contributed by atoms with Crippen LogP contribution in [0.3, 0.4) is 0 Å². The number of carbonyl (C=O) groups excluding carboxylic acids is 1. The second kappa shape index (κ2) is 4.31. The maximum absolute atomic E-state index is 12.8. The van der Waals surface area contributed by atoms with Crippen molar-refractivity contribution < 1.29 is 4.79 Å². The van der Waals surface area contributed by atoms with Crippen LogP contribution in [0.2, 0.25) is 0 Å². The highest BCUT2D eigenvalue weighted by Crippen LogP contribution is 2.60. The minimum absolute atomic E-state index is 0.0698. The molecule has 1 aromatic rings. The average molecular weight is 270 g/mol. The predicted octanol–water partition coefficient (Wildman–Crippen LogP) is 3.54. The smallest absolute Gasteiger partial charge is 0.230 e. The van der Waals surface area contributed by atoms with Crippen LogP contribution in [-0.4, -0.2) is 10.9 Å². The first kappa shape index (κ1) is 12.4. The Kier molecular flexibility index (Phi) is 2.66. The van der Waals surface area contributed by atoms with E-state index in [1.165, 1.54) is 19.3 Å². The monoisotopic (exact) mass is 270 g/mol. The number of nitrogens with zero attached hydrogens (tertiary/aromatic N) is 1. The van der Waals surface area contributed by atoms with E-state index in [0.29, 0.717) is 0 Å². The van der Waals surface area contributed by atoms with E-state index in [9.17, 15) is 4.79 Å². The zero-order valence-corrected chi connectivity index (χ0v) is 12.1. The van der Waals surface area contributed by atoms with Gasteiger partial charge in [-0.3, -0.25) is 9.78 Å². The molecule has 1 N–H and O–H groups in total. The number of aromatic nitrogens is 1. The minimum atomic E-state index is -0.0698. The highest BCUT2D eigenvalue weighted by Gasteiger charge is 2.54. The summed E-state index contributed by atoms with van der Waals surface area (Å²) in [5.41, 5.74) is 1.76. The van der Waals surface area contributed by atoms with Crippen molar-refractivity contribution in [1.29, 1.82) is 0 Å². The lowest BCUT2D eigenvalue weighted by Crippen LogP contribution is -2.51. The Hall–Kier alpha value is -1.38. The van der Waals surface area contributed by atoms with E-state index in [-0.39, 0.29) is 11.3 Å². The molecule has 5 rings (SSSR count). The maximum Gasteiger partial charge on any atom is 0.230 e. The molecule has 0 radical (unpaired) electrons. The Balaban J connectivity index is 1.54. The molecule has 106 valence electrons. The van der Waals surface area contributed by atoms with Crippen LogP contribution in [-0.2, 0) is 4.79 Å². The molecule has 3 heteroatoms. The molecule has 0 aliphatic heterocycles. The molecular formula is C17H22N2O. The molecule has 3 nitrogen and oxygen atoms in total. The number of nitrogens with one attached hydrogen (secondary N) is 1. The van der Waals surface area contributed by atoms with Crippen LogP contribution in [0.15, 0.2) is 18.3 Å². The second-order valence-electron chi connectivity index (χ2n) is 7.34. The summed E-state index contributed by atoms with van der Waals surface area (Å²) >= 11 is 0. The quantitative estimate of drug-likeness (QED) is 0.893. The van der Waals surface area contributed by atoms with E-state index in [1.54, 1.807) is 6.20 Å². The number of pyridine rings is 1. The Morgan fingerprint density at radius 1 is 1.15 bits per heavy atom.